The van der Waals surface area contributed by atoms with Gasteiger partial charge in [-0.25, -0.2) is 4.98 Å². The summed E-state index contributed by atoms with van der Waals surface area (Å²) in [4.78, 5) is 17.2. The van der Waals surface area contributed by atoms with E-state index in [1.807, 2.05) is 38.2 Å². The number of aromatic nitrogens is 3. The zero-order valence-electron chi connectivity index (χ0n) is 17.3. The molecule has 1 aliphatic rings. The maximum Gasteiger partial charge on any atom is 0.223 e. The third-order valence-electron chi connectivity index (χ3n) is 5.75. The number of amides is 1. The molecule has 2 heterocycles. The number of anilines is 1. The Kier molecular flexibility index (Phi) is 6.57. The Labute approximate surface area is 182 Å². The van der Waals surface area contributed by atoms with Crippen LogP contribution in [-0.4, -0.2) is 41.4 Å². The molecule has 3 aromatic rings. The topological polar surface area (TPSA) is 71.3 Å². The minimum atomic E-state index is 0.167. The molecule has 4 rings (SSSR count). The van der Waals surface area contributed by atoms with Gasteiger partial charge in [0.05, 0.1) is 5.69 Å². The van der Waals surface area contributed by atoms with E-state index < -0.39 is 0 Å². The lowest BCUT2D eigenvalue weighted by Gasteiger charge is -2.15. The van der Waals surface area contributed by atoms with Crippen molar-refractivity contribution in [2.24, 2.45) is 5.92 Å². The Morgan fingerprint density at radius 3 is 2.70 bits per heavy atom. The third kappa shape index (κ3) is 4.62. The fraction of sp³-hybridized carbons (Fsp3) is 0.409. The fourth-order valence-electron chi connectivity index (χ4n) is 4.07. The first-order valence-electron chi connectivity index (χ1n) is 10.8. The SMILES string of the molecule is Bc1cnn2c(NCCNC(=O)C3CCCCCC3)cc(-c3ccccc3Cl)nc12. The monoisotopic (exact) mass is 423 g/mol. The highest BCUT2D eigenvalue weighted by atomic mass is 35.5. The molecule has 0 atom stereocenters. The van der Waals surface area contributed by atoms with Crippen molar-refractivity contribution >= 4 is 42.3 Å². The van der Waals surface area contributed by atoms with Gasteiger partial charge in [-0.2, -0.15) is 9.61 Å². The molecule has 0 bridgehead atoms. The Balaban J connectivity index is 1.46. The predicted octanol–water partition coefficient (Wildman–Crippen LogP) is 2.81. The van der Waals surface area contributed by atoms with Gasteiger partial charge in [-0.3, -0.25) is 4.79 Å². The molecule has 156 valence electrons. The lowest BCUT2D eigenvalue weighted by Crippen LogP contribution is -2.34. The first-order chi connectivity index (χ1) is 14.6. The van der Waals surface area contributed by atoms with E-state index in [2.05, 4.69) is 15.7 Å². The summed E-state index contributed by atoms with van der Waals surface area (Å²) in [7, 11) is 1.99. The summed E-state index contributed by atoms with van der Waals surface area (Å²) in [6.45, 7) is 1.18. The molecule has 0 aliphatic heterocycles. The zero-order chi connectivity index (χ0) is 20.9. The van der Waals surface area contributed by atoms with Crippen molar-refractivity contribution in [2.45, 2.75) is 38.5 Å². The van der Waals surface area contributed by atoms with Crippen molar-refractivity contribution in [1.82, 2.24) is 19.9 Å². The second-order valence-corrected chi connectivity index (χ2v) is 8.38. The molecule has 1 fully saturated rings. The number of halogens is 1. The van der Waals surface area contributed by atoms with E-state index in [-0.39, 0.29) is 11.8 Å². The number of hydrogen-bond acceptors (Lipinski definition) is 4. The first-order valence-corrected chi connectivity index (χ1v) is 11.1. The number of nitrogens with one attached hydrogen (secondary N) is 2. The molecular formula is C22H27BClN5O. The van der Waals surface area contributed by atoms with Crippen molar-refractivity contribution in [3.05, 3.63) is 41.6 Å². The normalized spacial score (nSPS) is 15.1. The van der Waals surface area contributed by atoms with Crippen molar-refractivity contribution in [1.29, 1.82) is 0 Å². The molecule has 0 radical (unpaired) electrons. The van der Waals surface area contributed by atoms with E-state index in [4.69, 9.17) is 16.6 Å². The van der Waals surface area contributed by atoms with E-state index in [1.54, 1.807) is 10.7 Å². The molecule has 1 saturated carbocycles. The highest BCUT2D eigenvalue weighted by Gasteiger charge is 2.19. The summed E-state index contributed by atoms with van der Waals surface area (Å²) in [5.41, 5.74) is 3.46. The maximum atomic E-state index is 12.5. The van der Waals surface area contributed by atoms with Crippen LogP contribution in [0.3, 0.4) is 0 Å². The molecule has 0 spiro atoms. The van der Waals surface area contributed by atoms with Crippen LogP contribution in [-0.2, 0) is 4.79 Å². The summed E-state index contributed by atoms with van der Waals surface area (Å²) in [5, 5.41) is 11.6. The third-order valence-corrected chi connectivity index (χ3v) is 6.08. The number of carbonyl (C=O) groups excluding carboxylic acids is 1. The summed E-state index contributed by atoms with van der Waals surface area (Å²) in [6.07, 6.45) is 8.65. The van der Waals surface area contributed by atoms with E-state index in [9.17, 15) is 4.79 Å². The molecule has 1 amide bonds. The number of benzene rings is 1. The highest BCUT2D eigenvalue weighted by molar-refractivity contribution is 6.36. The van der Waals surface area contributed by atoms with Crippen LogP contribution >= 0.6 is 11.6 Å². The first kappa shape index (κ1) is 20.7. The van der Waals surface area contributed by atoms with E-state index in [1.165, 1.54) is 12.8 Å². The minimum Gasteiger partial charge on any atom is -0.368 e. The lowest BCUT2D eigenvalue weighted by molar-refractivity contribution is -0.125. The Hall–Kier alpha value is -2.54. The number of rotatable bonds is 6. The van der Waals surface area contributed by atoms with Crippen LogP contribution in [0.5, 0.6) is 0 Å². The van der Waals surface area contributed by atoms with Crippen molar-refractivity contribution in [3.8, 4) is 11.3 Å². The van der Waals surface area contributed by atoms with Crippen LogP contribution in [0.2, 0.25) is 5.02 Å². The van der Waals surface area contributed by atoms with Gasteiger partial charge in [-0.1, -0.05) is 55.5 Å². The molecule has 1 aromatic carbocycles. The second-order valence-electron chi connectivity index (χ2n) is 7.98. The van der Waals surface area contributed by atoms with Crippen LogP contribution < -0.4 is 16.1 Å². The van der Waals surface area contributed by atoms with E-state index in [0.717, 1.165) is 53.9 Å². The molecule has 30 heavy (non-hydrogen) atoms. The number of carbonyl (C=O) groups is 1. The van der Waals surface area contributed by atoms with E-state index >= 15 is 0 Å². The van der Waals surface area contributed by atoms with Gasteiger partial charge >= 0.3 is 0 Å². The average Bonchev–Trinajstić information content (AvgIpc) is 2.95. The summed E-state index contributed by atoms with van der Waals surface area (Å²) in [5.74, 6) is 1.18. The molecule has 8 heteroatoms. The fourth-order valence-corrected chi connectivity index (χ4v) is 4.30. The van der Waals surface area contributed by atoms with Gasteiger partial charge in [0.25, 0.3) is 0 Å². The van der Waals surface area contributed by atoms with Gasteiger partial charge in [0.15, 0.2) is 5.65 Å². The average molecular weight is 424 g/mol. The Bertz CT molecular complexity index is 1030. The molecule has 1 aliphatic carbocycles. The molecule has 2 aromatic heterocycles. The van der Waals surface area contributed by atoms with Crippen LogP contribution in [0.1, 0.15) is 38.5 Å². The Morgan fingerprint density at radius 2 is 1.93 bits per heavy atom. The molecule has 6 nitrogen and oxygen atoms in total. The smallest absolute Gasteiger partial charge is 0.223 e. The van der Waals surface area contributed by atoms with Crippen molar-refractivity contribution < 1.29 is 4.79 Å². The van der Waals surface area contributed by atoms with Crippen LogP contribution in [0.25, 0.3) is 16.9 Å². The second kappa shape index (κ2) is 9.52. The van der Waals surface area contributed by atoms with Crippen LogP contribution in [0.4, 0.5) is 5.82 Å². The predicted molar refractivity (Wildman–Crippen MR) is 124 cm³/mol. The number of hydrogen-bond donors (Lipinski definition) is 2. The van der Waals surface area contributed by atoms with Crippen molar-refractivity contribution in [2.75, 3.05) is 18.4 Å². The summed E-state index contributed by atoms with van der Waals surface area (Å²) < 4.78 is 1.79. The van der Waals surface area contributed by atoms with Crippen LogP contribution in [0.15, 0.2) is 36.5 Å². The van der Waals surface area contributed by atoms with Gasteiger partial charge in [0.2, 0.25) is 5.91 Å². The van der Waals surface area contributed by atoms with Crippen LogP contribution in [0, 0.1) is 5.92 Å². The quantitative estimate of drug-likeness (QED) is 0.363. The Morgan fingerprint density at radius 1 is 1.17 bits per heavy atom. The zero-order valence-corrected chi connectivity index (χ0v) is 18.1. The standard InChI is InChI=1S/C22H27BClN5O/c23-17-14-27-29-20(13-19(28-21(17)29)16-9-5-6-10-18(16)24)25-11-12-26-22(30)15-7-3-1-2-4-8-15/h5-6,9-10,13-15,25H,1-4,7-8,11-12,23H2,(H,26,30). The summed E-state index contributed by atoms with van der Waals surface area (Å²) in [6, 6.07) is 9.64. The molecule has 0 saturated heterocycles. The molecular weight excluding hydrogens is 397 g/mol. The maximum absolute atomic E-state index is 12.5. The number of nitrogens with zero attached hydrogens (tertiary/aromatic N) is 3. The lowest BCUT2D eigenvalue weighted by atomic mass is 9.99. The van der Waals surface area contributed by atoms with Gasteiger partial charge in [-0.15, -0.1) is 0 Å². The largest absolute Gasteiger partial charge is 0.368 e. The van der Waals surface area contributed by atoms with Gasteiger partial charge in [-0.05, 0) is 24.4 Å². The van der Waals surface area contributed by atoms with Crippen molar-refractivity contribution in [3.63, 3.8) is 0 Å². The molecule has 2 N–H and O–H groups in total. The van der Waals surface area contributed by atoms with E-state index in [0.29, 0.717) is 18.1 Å². The highest BCUT2D eigenvalue weighted by Crippen LogP contribution is 2.28. The van der Waals surface area contributed by atoms with Gasteiger partial charge in [0, 0.05) is 41.9 Å². The molecule has 0 unspecified atom stereocenters. The van der Waals surface area contributed by atoms with Gasteiger partial charge < -0.3 is 10.6 Å². The minimum absolute atomic E-state index is 0.167. The summed E-state index contributed by atoms with van der Waals surface area (Å²) >= 11 is 6.39. The number of fused-ring (bicyclic) bond motifs is 1. The van der Waals surface area contributed by atoms with Gasteiger partial charge in [0.1, 0.15) is 13.7 Å².